The normalized spacial score (nSPS) is 16.1. The van der Waals surface area contributed by atoms with Crippen LogP contribution >= 0.6 is 15.9 Å². The number of hydrogen-bond donors (Lipinski definition) is 1. The number of nitrogens with zero attached hydrogens (tertiary/aromatic N) is 1. The number of anilines is 1. The summed E-state index contributed by atoms with van der Waals surface area (Å²) in [7, 11) is 0. The first-order chi connectivity index (χ1) is 11.9. The van der Waals surface area contributed by atoms with E-state index in [0.717, 1.165) is 29.3 Å². The monoisotopic (exact) mass is 410 g/mol. The van der Waals surface area contributed by atoms with Crippen LogP contribution in [0, 0.1) is 6.92 Å². The molecule has 7 heteroatoms. The molecule has 2 rings (SSSR count). The molecule has 0 aromatic heterocycles. The molecule has 0 bridgehead atoms. The highest BCUT2D eigenvalue weighted by Crippen LogP contribution is 2.23. The van der Waals surface area contributed by atoms with Gasteiger partial charge in [0.1, 0.15) is 6.54 Å². The van der Waals surface area contributed by atoms with Crippen molar-refractivity contribution in [3.8, 4) is 0 Å². The highest BCUT2D eigenvalue weighted by atomic mass is 79.9. The lowest BCUT2D eigenvalue weighted by molar-refractivity contribution is -0.156. The van der Waals surface area contributed by atoms with Gasteiger partial charge >= 0.3 is 5.97 Å². The Bertz CT molecular complexity index is 662. The number of esters is 1. The zero-order valence-electron chi connectivity index (χ0n) is 14.5. The molecule has 0 unspecified atom stereocenters. The zero-order chi connectivity index (χ0) is 18.4. The van der Waals surface area contributed by atoms with Crippen molar-refractivity contribution in [1.29, 1.82) is 0 Å². The summed E-state index contributed by atoms with van der Waals surface area (Å²) < 4.78 is 5.94. The third-order valence-corrected chi connectivity index (χ3v) is 4.71. The molecule has 1 aliphatic rings. The Kier molecular flexibility index (Phi) is 6.99. The van der Waals surface area contributed by atoms with Crippen molar-refractivity contribution in [3.63, 3.8) is 0 Å². The number of benzene rings is 1. The second-order valence-electron chi connectivity index (χ2n) is 6.23. The Morgan fingerprint density at radius 3 is 2.80 bits per heavy atom. The van der Waals surface area contributed by atoms with Crippen LogP contribution in [0.5, 0.6) is 0 Å². The van der Waals surface area contributed by atoms with Crippen molar-refractivity contribution in [2.45, 2.75) is 45.6 Å². The highest BCUT2D eigenvalue weighted by Gasteiger charge is 2.23. The molecule has 2 amide bonds. The Morgan fingerprint density at radius 1 is 1.32 bits per heavy atom. The number of amides is 2. The van der Waals surface area contributed by atoms with Gasteiger partial charge in [-0.15, -0.1) is 0 Å². The highest BCUT2D eigenvalue weighted by molar-refractivity contribution is 9.10. The van der Waals surface area contributed by atoms with Gasteiger partial charge in [-0.1, -0.05) is 12.5 Å². The molecule has 1 aromatic carbocycles. The lowest BCUT2D eigenvalue weighted by Crippen LogP contribution is -2.38. The van der Waals surface area contributed by atoms with Crippen molar-refractivity contribution in [2.24, 2.45) is 0 Å². The van der Waals surface area contributed by atoms with Crippen LogP contribution in [0.25, 0.3) is 0 Å². The fraction of sp³-hybridized carbons (Fsp3) is 0.500. The van der Waals surface area contributed by atoms with Crippen molar-refractivity contribution in [1.82, 2.24) is 4.90 Å². The van der Waals surface area contributed by atoms with Gasteiger partial charge in [0.05, 0.1) is 5.69 Å². The van der Waals surface area contributed by atoms with Gasteiger partial charge < -0.3 is 15.0 Å². The summed E-state index contributed by atoms with van der Waals surface area (Å²) in [5.74, 6) is -1.02. The molecule has 1 aromatic rings. The van der Waals surface area contributed by atoms with Crippen molar-refractivity contribution in [3.05, 3.63) is 28.2 Å². The Balaban J connectivity index is 1.87. The number of likely N-dealkylation sites (tertiary alicyclic amines) is 1. The van der Waals surface area contributed by atoms with Gasteiger partial charge in [0.15, 0.2) is 6.10 Å². The Labute approximate surface area is 156 Å². The minimum Gasteiger partial charge on any atom is -0.451 e. The molecule has 136 valence electrons. The molecule has 1 atom stereocenters. The largest absolute Gasteiger partial charge is 0.451 e. The summed E-state index contributed by atoms with van der Waals surface area (Å²) in [6.45, 7) is 3.92. The molecule has 1 aliphatic heterocycles. The second kappa shape index (κ2) is 8.99. The molecule has 1 fully saturated rings. The van der Waals surface area contributed by atoms with Gasteiger partial charge in [-0.2, -0.15) is 0 Å². The lowest BCUT2D eigenvalue weighted by atomic mass is 10.2. The van der Waals surface area contributed by atoms with E-state index in [9.17, 15) is 14.4 Å². The van der Waals surface area contributed by atoms with Crippen LogP contribution in [0.4, 0.5) is 5.69 Å². The molecule has 1 N–H and O–H groups in total. The maximum atomic E-state index is 12.2. The standard InChI is InChI=1S/C18H23BrN2O4/c1-12-7-8-15(14(19)10-12)20-18(24)13(2)25-17(23)11-21-9-5-3-4-6-16(21)22/h7-8,10,13H,3-6,9,11H2,1-2H3,(H,20,24)/t13-/m0/s1. The smallest absolute Gasteiger partial charge is 0.326 e. The van der Waals surface area contributed by atoms with Gasteiger partial charge in [0.25, 0.3) is 5.91 Å². The maximum absolute atomic E-state index is 12.2. The van der Waals surface area contributed by atoms with Crippen molar-refractivity contribution in [2.75, 3.05) is 18.4 Å². The predicted octanol–water partition coefficient (Wildman–Crippen LogP) is 3.03. The molecular formula is C18H23BrN2O4. The summed E-state index contributed by atoms with van der Waals surface area (Å²) in [4.78, 5) is 37.7. The Morgan fingerprint density at radius 2 is 2.08 bits per heavy atom. The van der Waals surface area contributed by atoms with Gasteiger partial charge in [0.2, 0.25) is 5.91 Å². The van der Waals surface area contributed by atoms with Crippen molar-refractivity contribution >= 4 is 39.4 Å². The van der Waals surface area contributed by atoms with Crippen LogP contribution in [0.1, 0.15) is 38.2 Å². The van der Waals surface area contributed by atoms with E-state index in [2.05, 4.69) is 21.2 Å². The first-order valence-electron chi connectivity index (χ1n) is 8.41. The summed E-state index contributed by atoms with van der Waals surface area (Å²) in [6, 6.07) is 5.54. The van der Waals surface area contributed by atoms with Crippen LogP contribution in [0.15, 0.2) is 22.7 Å². The number of carbonyl (C=O) groups is 3. The molecular weight excluding hydrogens is 388 g/mol. The van der Waals surface area contributed by atoms with Crippen LogP contribution in [-0.2, 0) is 19.1 Å². The molecule has 0 aliphatic carbocycles. The number of halogens is 1. The average Bonchev–Trinajstić information content (AvgIpc) is 2.74. The van der Waals surface area contributed by atoms with Crippen LogP contribution in [-0.4, -0.2) is 41.9 Å². The van der Waals surface area contributed by atoms with Gasteiger partial charge in [-0.05, 0) is 60.3 Å². The molecule has 0 spiro atoms. The maximum Gasteiger partial charge on any atom is 0.326 e. The van der Waals surface area contributed by atoms with Crippen LogP contribution in [0.3, 0.4) is 0 Å². The number of rotatable bonds is 5. The predicted molar refractivity (Wildman–Crippen MR) is 98.1 cm³/mol. The van der Waals surface area contributed by atoms with E-state index in [1.54, 1.807) is 6.07 Å². The zero-order valence-corrected chi connectivity index (χ0v) is 16.1. The van der Waals surface area contributed by atoms with E-state index in [4.69, 9.17) is 4.74 Å². The summed E-state index contributed by atoms with van der Waals surface area (Å²) >= 11 is 3.39. The number of hydrogen-bond acceptors (Lipinski definition) is 4. The fourth-order valence-corrected chi connectivity index (χ4v) is 3.20. The number of aryl methyl sites for hydroxylation is 1. The fourth-order valence-electron chi connectivity index (χ4n) is 2.61. The molecule has 0 radical (unpaired) electrons. The topological polar surface area (TPSA) is 75.7 Å². The number of nitrogens with one attached hydrogen (secondary N) is 1. The third kappa shape index (κ3) is 5.85. The van der Waals surface area contributed by atoms with E-state index in [-0.39, 0.29) is 12.5 Å². The molecule has 0 saturated carbocycles. The van der Waals surface area contributed by atoms with E-state index < -0.39 is 18.0 Å². The van der Waals surface area contributed by atoms with Crippen LogP contribution in [0.2, 0.25) is 0 Å². The van der Waals surface area contributed by atoms with Crippen LogP contribution < -0.4 is 5.32 Å². The van der Waals surface area contributed by atoms with Gasteiger partial charge in [-0.3, -0.25) is 14.4 Å². The Hall–Kier alpha value is -1.89. The van der Waals surface area contributed by atoms with E-state index in [0.29, 0.717) is 18.7 Å². The quantitative estimate of drug-likeness (QED) is 0.756. The van der Waals surface area contributed by atoms with Gasteiger partial charge in [0, 0.05) is 17.4 Å². The molecule has 6 nitrogen and oxygen atoms in total. The number of ether oxygens (including phenoxy) is 1. The number of carbonyl (C=O) groups excluding carboxylic acids is 3. The van der Waals surface area contributed by atoms with Gasteiger partial charge in [-0.25, -0.2) is 0 Å². The van der Waals surface area contributed by atoms with Crippen molar-refractivity contribution < 1.29 is 19.1 Å². The third-order valence-electron chi connectivity index (χ3n) is 4.05. The SMILES string of the molecule is Cc1ccc(NC(=O)[C@H](C)OC(=O)CN2CCCCCC2=O)c(Br)c1. The first-order valence-corrected chi connectivity index (χ1v) is 9.20. The van der Waals surface area contributed by atoms with E-state index in [1.165, 1.54) is 11.8 Å². The summed E-state index contributed by atoms with van der Waals surface area (Å²) in [5.41, 5.74) is 1.67. The molecule has 1 saturated heterocycles. The summed E-state index contributed by atoms with van der Waals surface area (Å²) in [5, 5.41) is 2.72. The average molecular weight is 411 g/mol. The minimum absolute atomic E-state index is 0.0323. The van der Waals surface area contributed by atoms with E-state index >= 15 is 0 Å². The minimum atomic E-state index is -0.942. The molecule has 25 heavy (non-hydrogen) atoms. The second-order valence-corrected chi connectivity index (χ2v) is 7.08. The summed E-state index contributed by atoms with van der Waals surface area (Å²) in [6.07, 6.45) is 2.25. The lowest BCUT2D eigenvalue weighted by Gasteiger charge is -2.21. The van der Waals surface area contributed by atoms with E-state index in [1.807, 2.05) is 19.1 Å². The molecule has 1 heterocycles. The first kappa shape index (κ1) is 19.4.